The summed E-state index contributed by atoms with van der Waals surface area (Å²) in [7, 11) is 0. The monoisotopic (exact) mass is 205 g/mol. The molecule has 0 spiro atoms. The molecule has 0 heterocycles. The van der Waals surface area contributed by atoms with Crippen LogP contribution in [0.3, 0.4) is 0 Å². The minimum Gasteiger partial charge on any atom is -0.506 e. The molecule has 2 N–H and O–H groups in total. The van der Waals surface area contributed by atoms with Crippen LogP contribution in [0.5, 0.6) is 5.75 Å². The van der Waals surface area contributed by atoms with E-state index in [0.29, 0.717) is 5.69 Å². The van der Waals surface area contributed by atoms with Crippen molar-refractivity contribution in [2.75, 3.05) is 5.32 Å². The summed E-state index contributed by atoms with van der Waals surface area (Å²) in [4.78, 5) is 11.3. The highest BCUT2D eigenvalue weighted by molar-refractivity contribution is 6.00. The fourth-order valence-electron chi connectivity index (χ4n) is 1.11. The Morgan fingerprint density at radius 3 is 2.87 bits per heavy atom. The molecule has 0 saturated heterocycles. The van der Waals surface area contributed by atoms with Crippen LogP contribution in [0.25, 0.3) is 0 Å². The Hall–Kier alpha value is -1.77. The second-order valence-corrected chi connectivity index (χ2v) is 3.20. The van der Waals surface area contributed by atoms with Gasteiger partial charge in [0.15, 0.2) is 0 Å². The van der Waals surface area contributed by atoms with Gasteiger partial charge in [-0.15, -0.1) is 0 Å². The molecule has 0 aliphatic carbocycles. The summed E-state index contributed by atoms with van der Waals surface area (Å²) >= 11 is 0. The van der Waals surface area contributed by atoms with Gasteiger partial charge in [0, 0.05) is 0 Å². The van der Waals surface area contributed by atoms with Crippen LogP contribution in [0.15, 0.2) is 36.4 Å². The highest BCUT2D eigenvalue weighted by atomic mass is 16.3. The molecule has 1 aromatic carbocycles. The Morgan fingerprint density at radius 2 is 2.20 bits per heavy atom. The lowest BCUT2D eigenvalue weighted by Gasteiger charge is -2.03. The number of benzene rings is 1. The normalized spacial score (nSPS) is 10.5. The van der Waals surface area contributed by atoms with Crippen LogP contribution in [0.1, 0.15) is 19.8 Å². The van der Waals surface area contributed by atoms with Gasteiger partial charge in [-0.05, 0) is 24.6 Å². The molecule has 0 atom stereocenters. The second-order valence-electron chi connectivity index (χ2n) is 3.20. The molecule has 0 fully saturated rings. The standard InChI is InChI=1S/C12H15NO2/c1-2-3-4-9-12(15)13-10-7-5-6-8-11(10)14/h4-9,14H,2-3H2,1H3,(H,13,15)/b9-4+. The number of hydrogen-bond donors (Lipinski definition) is 2. The maximum Gasteiger partial charge on any atom is 0.248 e. The van der Waals surface area contributed by atoms with Crippen molar-refractivity contribution in [2.24, 2.45) is 0 Å². The lowest BCUT2D eigenvalue weighted by atomic mass is 10.3. The van der Waals surface area contributed by atoms with E-state index in [1.807, 2.05) is 13.0 Å². The molecule has 80 valence electrons. The average Bonchev–Trinajstić information content (AvgIpc) is 2.22. The van der Waals surface area contributed by atoms with E-state index in [4.69, 9.17) is 0 Å². The molecular formula is C12H15NO2. The maximum absolute atomic E-state index is 11.3. The van der Waals surface area contributed by atoms with Crippen LogP contribution < -0.4 is 5.32 Å². The van der Waals surface area contributed by atoms with Gasteiger partial charge in [0.05, 0.1) is 5.69 Å². The number of carbonyl (C=O) groups excluding carboxylic acids is 1. The first kappa shape index (κ1) is 11.3. The Labute approximate surface area is 89.4 Å². The predicted octanol–water partition coefficient (Wildman–Crippen LogP) is 2.69. The number of rotatable bonds is 4. The van der Waals surface area contributed by atoms with Crippen molar-refractivity contribution in [1.29, 1.82) is 0 Å². The van der Waals surface area contributed by atoms with E-state index in [1.165, 1.54) is 12.1 Å². The summed E-state index contributed by atoms with van der Waals surface area (Å²) in [5.74, 6) is -0.139. The third-order valence-corrected chi connectivity index (χ3v) is 1.89. The third-order valence-electron chi connectivity index (χ3n) is 1.89. The van der Waals surface area contributed by atoms with Gasteiger partial charge < -0.3 is 10.4 Å². The van der Waals surface area contributed by atoms with E-state index in [-0.39, 0.29) is 11.7 Å². The first-order chi connectivity index (χ1) is 7.24. The van der Waals surface area contributed by atoms with E-state index in [2.05, 4.69) is 5.32 Å². The number of unbranched alkanes of at least 4 members (excludes halogenated alkanes) is 1. The number of phenolic OH excluding ortho intramolecular Hbond substituents is 1. The number of hydrogen-bond acceptors (Lipinski definition) is 2. The van der Waals surface area contributed by atoms with Gasteiger partial charge in [-0.25, -0.2) is 0 Å². The van der Waals surface area contributed by atoms with Gasteiger partial charge in [-0.2, -0.15) is 0 Å². The van der Waals surface area contributed by atoms with Crippen molar-refractivity contribution >= 4 is 11.6 Å². The fraction of sp³-hybridized carbons (Fsp3) is 0.250. The van der Waals surface area contributed by atoms with Crippen LogP contribution in [0.4, 0.5) is 5.69 Å². The molecular weight excluding hydrogens is 190 g/mol. The Morgan fingerprint density at radius 1 is 1.47 bits per heavy atom. The van der Waals surface area contributed by atoms with Crippen molar-refractivity contribution in [2.45, 2.75) is 19.8 Å². The highest BCUT2D eigenvalue weighted by Crippen LogP contribution is 2.21. The van der Waals surface area contributed by atoms with Gasteiger partial charge in [-0.3, -0.25) is 4.79 Å². The zero-order valence-electron chi connectivity index (χ0n) is 8.73. The summed E-state index contributed by atoms with van der Waals surface area (Å²) in [6.07, 6.45) is 5.19. The Bertz CT molecular complexity index is 358. The molecule has 1 aromatic rings. The van der Waals surface area contributed by atoms with Crippen LogP contribution >= 0.6 is 0 Å². The minimum atomic E-state index is -0.218. The summed E-state index contributed by atoms with van der Waals surface area (Å²) in [6, 6.07) is 6.65. The highest BCUT2D eigenvalue weighted by Gasteiger charge is 2.01. The van der Waals surface area contributed by atoms with Crippen molar-refractivity contribution in [3.8, 4) is 5.75 Å². The molecule has 3 nitrogen and oxygen atoms in total. The number of carbonyl (C=O) groups is 1. The fourth-order valence-corrected chi connectivity index (χ4v) is 1.11. The molecule has 0 aliphatic rings. The van der Waals surface area contributed by atoms with Crippen molar-refractivity contribution < 1.29 is 9.90 Å². The van der Waals surface area contributed by atoms with Gasteiger partial charge in [0.2, 0.25) is 5.91 Å². The largest absolute Gasteiger partial charge is 0.506 e. The van der Waals surface area contributed by atoms with E-state index < -0.39 is 0 Å². The van der Waals surface area contributed by atoms with E-state index >= 15 is 0 Å². The van der Waals surface area contributed by atoms with E-state index in [0.717, 1.165) is 12.8 Å². The van der Waals surface area contributed by atoms with Gasteiger partial charge in [-0.1, -0.05) is 31.6 Å². The smallest absolute Gasteiger partial charge is 0.248 e. The van der Waals surface area contributed by atoms with Crippen molar-refractivity contribution in [1.82, 2.24) is 0 Å². The Kier molecular flexibility index (Phi) is 4.41. The number of aromatic hydroxyl groups is 1. The quantitative estimate of drug-likeness (QED) is 0.586. The van der Waals surface area contributed by atoms with Gasteiger partial charge in [0.25, 0.3) is 0 Å². The molecule has 0 bridgehead atoms. The molecule has 3 heteroatoms. The second kappa shape index (κ2) is 5.86. The summed E-state index contributed by atoms with van der Waals surface area (Å²) in [5.41, 5.74) is 0.434. The molecule has 0 saturated carbocycles. The molecule has 0 aliphatic heterocycles. The molecule has 0 aromatic heterocycles. The molecule has 1 amide bonds. The molecule has 0 radical (unpaired) electrons. The van der Waals surface area contributed by atoms with Crippen LogP contribution in [-0.4, -0.2) is 11.0 Å². The van der Waals surface area contributed by atoms with Gasteiger partial charge in [0.1, 0.15) is 5.75 Å². The molecule has 15 heavy (non-hydrogen) atoms. The minimum absolute atomic E-state index is 0.0785. The van der Waals surface area contributed by atoms with Crippen LogP contribution in [0, 0.1) is 0 Å². The lowest BCUT2D eigenvalue weighted by molar-refractivity contribution is -0.111. The summed E-state index contributed by atoms with van der Waals surface area (Å²) in [5, 5.41) is 12.0. The number of anilines is 1. The number of phenols is 1. The number of para-hydroxylation sites is 2. The maximum atomic E-state index is 11.3. The SMILES string of the molecule is CCC/C=C/C(=O)Nc1ccccc1O. The zero-order valence-corrected chi connectivity index (χ0v) is 8.73. The number of allylic oxidation sites excluding steroid dienone is 1. The number of nitrogens with one attached hydrogen (secondary N) is 1. The molecule has 1 rings (SSSR count). The first-order valence-corrected chi connectivity index (χ1v) is 4.99. The Balaban J connectivity index is 2.55. The van der Waals surface area contributed by atoms with Crippen molar-refractivity contribution in [3.63, 3.8) is 0 Å². The first-order valence-electron chi connectivity index (χ1n) is 4.99. The lowest BCUT2D eigenvalue weighted by Crippen LogP contribution is -2.07. The van der Waals surface area contributed by atoms with E-state index in [9.17, 15) is 9.90 Å². The topological polar surface area (TPSA) is 49.3 Å². The van der Waals surface area contributed by atoms with Crippen LogP contribution in [-0.2, 0) is 4.79 Å². The van der Waals surface area contributed by atoms with Gasteiger partial charge >= 0.3 is 0 Å². The van der Waals surface area contributed by atoms with Crippen LogP contribution in [0.2, 0.25) is 0 Å². The summed E-state index contributed by atoms with van der Waals surface area (Å²) < 4.78 is 0. The molecule has 0 unspecified atom stereocenters. The average molecular weight is 205 g/mol. The zero-order chi connectivity index (χ0) is 11.1. The third kappa shape index (κ3) is 3.85. The van der Waals surface area contributed by atoms with Crippen molar-refractivity contribution in [3.05, 3.63) is 36.4 Å². The number of amides is 1. The van der Waals surface area contributed by atoms with E-state index in [1.54, 1.807) is 18.2 Å². The summed E-state index contributed by atoms with van der Waals surface area (Å²) in [6.45, 7) is 2.05. The predicted molar refractivity (Wildman–Crippen MR) is 60.8 cm³/mol.